The smallest absolute Gasteiger partial charge is 0.235 e. The highest BCUT2D eigenvalue weighted by molar-refractivity contribution is 7.85. The third-order valence-electron chi connectivity index (χ3n) is 2.82. The fourth-order valence-corrected chi connectivity index (χ4v) is 2.96. The van der Waals surface area contributed by atoms with Gasteiger partial charge < -0.3 is 10.6 Å². The molecule has 4 nitrogen and oxygen atoms in total. The van der Waals surface area contributed by atoms with Crippen molar-refractivity contribution in [3.05, 3.63) is 0 Å². The second-order valence-corrected chi connectivity index (χ2v) is 5.80. The Morgan fingerprint density at radius 2 is 1.81 bits per heavy atom. The molecule has 5 heteroatoms. The van der Waals surface area contributed by atoms with E-state index in [1.165, 1.54) is 12.8 Å². The normalized spacial score (nSPS) is 19.2. The first-order chi connectivity index (χ1) is 7.74. The first-order valence-electron chi connectivity index (χ1n) is 6.07. The van der Waals surface area contributed by atoms with Gasteiger partial charge in [0.1, 0.15) is 5.75 Å². The monoisotopic (exact) mass is 246 g/mol. The predicted molar refractivity (Wildman–Crippen MR) is 66.6 cm³/mol. The van der Waals surface area contributed by atoms with Gasteiger partial charge in [0.2, 0.25) is 5.91 Å². The van der Waals surface area contributed by atoms with Crippen molar-refractivity contribution in [3.63, 3.8) is 0 Å². The van der Waals surface area contributed by atoms with Crippen LogP contribution < -0.4 is 5.73 Å². The molecule has 0 bridgehead atoms. The van der Waals surface area contributed by atoms with E-state index in [-0.39, 0.29) is 11.7 Å². The minimum absolute atomic E-state index is 0.0530. The summed E-state index contributed by atoms with van der Waals surface area (Å²) in [4.78, 5) is 13.7. The molecular formula is C11H22N2O2S. The zero-order valence-electron chi connectivity index (χ0n) is 9.82. The Bertz CT molecular complexity index is 238. The second kappa shape index (κ2) is 7.79. The molecule has 1 aliphatic heterocycles. The van der Waals surface area contributed by atoms with Gasteiger partial charge in [-0.3, -0.25) is 9.00 Å². The standard InChI is InChI=1S/C11H22N2O2S/c12-6-5-9-16(15)10-11(14)13-7-3-1-2-4-8-13/h1-10,12H2. The van der Waals surface area contributed by atoms with Gasteiger partial charge >= 0.3 is 0 Å². The molecule has 1 unspecified atom stereocenters. The lowest BCUT2D eigenvalue weighted by Crippen LogP contribution is -2.35. The van der Waals surface area contributed by atoms with Gasteiger partial charge in [-0.25, -0.2) is 0 Å². The molecule has 0 saturated carbocycles. The number of hydrogen-bond acceptors (Lipinski definition) is 3. The SMILES string of the molecule is NCCCS(=O)CC(=O)N1CCCCCC1. The number of likely N-dealkylation sites (tertiary alicyclic amines) is 1. The Morgan fingerprint density at radius 3 is 2.38 bits per heavy atom. The Labute approximate surface area is 100 Å². The summed E-state index contributed by atoms with van der Waals surface area (Å²) in [6.07, 6.45) is 5.32. The van der Waals surface area contributed by atoms with Crippen molar-refractivity contribution in [1.82, 2.24) is 4.90 Å². The van der Waals surface area contributed by atoms with E-state index in [0.29, 0.717) is 12.3 Å². The van der Waals surface area contributed by atoms with Crippen LogP contribution in [0.1, 0.15) is 32.1 Å². The second-order valence-electron chi connectivity index (χ2n) is 4.23. The number of carbonyl (C=O) groups is 1. The molecule has 0 aromatic carbocycles. The van der Waals surface area contributed by atoms with Crippen LogP contribution in [0.2, 0.25) is 0 Å². The molecule has 1 fully saturated rings. The van der Waals surface area contributed by atoms with Crippen LogP contribution in [0.4, 0.5) is 0 Å². The Morgan fingerprint density at radius 1 is 1.19 bits per heavy atom. The number of carbonyl (C=O) groups excluding carboxylic acids is 1. The maximum Gasteiger partial charge on any atom is 0.235 e. The molecule has 1 rings (SSSR count). The minimum atomic E-state index is -1.03. The first-order valence-corrected chi connectivity index (χ1v) is 7.55. The molecule has 0 aromatic heterocycles. The van der Waals surface area contributed by atoms with Crippen molar-refractivity contribution in [2.75, 3.05) is 31.1 Å². The summed E-state index contributed by atoms with van der Waals surface area (Å²) in [5.74, 6) is 0.785. The van der Waals surface area contributed by atoms with E-state index >= 15 is 0 Å². The van der Waals surface area contributed by atoms with Crippen LogP contribution in [0, 0.1) is 0 Å². The summed E-state index contributed by atoms with van der Waals surface area (Å²) in [6, 6.07) is 0. The summed E-state index contributed by atoms with van der Waals surface area (Å²) in [7, 11) is -1.03. The largest absolute Gasteiger partial charge is 0.342 e. The number of nitrogens with zero attached hydrogens (tertiary/aromatic N) is 1. The zero-order valence-corrected chi connectivity index (χ0v) is 10.6. The zero-order chi connectivity index (χ0) is 11.8. The van der Waals surface area contributed by atoms with E-state index < -0.39 is 10.8 Å². The molecular weight excluding hydrogens is 224 g/mol. The van der Waals surface area contributed by atoms with E-state index in [0.717, 1.165) is 32.4 Å². The Hall–Kier alpha value is -0.420. The first kappa shape index (κ1) is 13.6. The van der Waals surface area contributed by atoms with Crippen LogP contribution in [-0.4, -0.2) is 46.2 Å². The van der Waals surface area contributed by atoms with Crippen molar-refractivity contribution in [2.45, 2.75) is 32.1 Å². The molecule has 1 aliphatic rings. The van der Waals surface area contributed by atoms with Gasteiger partial charge in [-0.1, -0.05) is 12.8 Å². The fourth-order valence-electron chi connectivity index (χ4n) is 1.87. The van der Waals surface area contributed by atoms with Gasteiger partial charge in [-0.05, 0) is 25.8 Å². The predicted octanol–water partition coefficient (Wildman–Crippen LogP) is 0.486. The van der Waals surface area contributed by atoms with Crippen molar-refractivity contribution in [1.29, 1.82) is 0 Å². The molecule has 0 spiro atoms. The maximum absolute atomic E-state index is 11.8. The van der Waals surface area contributed by atoms with Gasteiger partial charge in [0, 0.05) is 29.6 Å². The van der Waals surface area contributed by atoms with E-state index in [2.05, 4.69) is 0 Å². The number of nitrogens with two attached hydrogens (primary N) is 1. The van der Waals surface area contributed by atoms with Gasteiger partial charge in [0.05, 0.1) is 0 Å². The lowest BCUT2D eigenvalue weighted by Gasteiger charge is -2.19. The molecule has 0 aliphatic carbocycles. The molecule has 0 radical (unpaired) electrons. The van der Waals surface area contributed by atoms with Crippen molar-refractivity contribution in [2.24, 2.45) is 5.73 Å². The van der Waals surface area contributed by atoms with Crippen LogP contribution in [0.25, 0.3) is 0 Å². The van der Waals surface area contributed by atoms with E-state index in [1.807, 2.05) is 4.90 Å². The van der Waals surface area contributed by atoms with Crippen LogP contribution in [-0.2, 0) is 15.6 Å². The van der Waals surface area contributed by atoms with E-state index in [4.69, 9.17) is 5.73 Å². The average molecular weight is 246 g/mol. The molecule has 1 amide bonds. The Balaban J connectivity index is 2.29. The Kier molecular flexibility index (Phi) is 6.64. The van der Waals surface area contributed by atoms with Crippen LogP contribution >= 0.6 is 0 Å². The van der Waals surface area contributed by atoms with Crippen LogP contribution in [0.3, 0.4) is 0 Å². The molecule has 2 N–H and O–H groups in total. The van der Waals surface area contributed by atoms with Gasteiger partial charge in [-0.15, -0.1) is 0 Å². The van der Waals surface area contributed by atoms with Gasteiger partial charge in [-0.2, -0.15) is 0 Å². The summed E-state index contributed by atoms with van der Waals surface area (Å²) in [5, 5.41) is 0. The van der Waals surface area contributed by atoms with Crippen LogP contribution in [0.15, 0.2) is 0 Å². The molecule has 94 valence electrons. The third-order valence-corrected chi connectivity index (χ3v) is 4.13. The van der Waals surface area contributed by atoms with Crippen molar-refractivity contribution >= 4 is 16.7 Å². The van der Waals surface area contributed by atoms with Crippen molar-refractivity contribution in [3.8, 4) is 0 Å². The fraction of sp³-hybridized carbons (Fsp3) is 0.909. The highest BCUT2D eigenvalue weighted by atomic mass is 32.2. The van der Waals surface area contributed by atoms with Crippen molar-refractivity contribution < 1.29 is 9.00 Å². The highest BCUT2D eigenvalue weighted by Crippen LogP contribution is 2.10. The summed E-state index contributed by atoms with van der Waals surface area (Å²) < 4.78 is 11.5. The van der Waals surface area contributed by atoms with Gasteiger partial charge in [0.15, 0.2) is 0 Å². The van der Waals surface area contributed by atoms with Crippen LogP contribution in [0.5, 0.6) is 0 Å². The maximum atomic E-state index is 11.8. The minimum Gasteiger partial charge on any atom is -0.342 e. The number of hydrogen-bond donors (Lipinski definition) is 1. The number of amides is 1. The lowest BCUT2D eigenvalue weighted by molar-refractivity contribution is -0.128. The molecule has 1 saturated heterocycles. The van der Waals surface area contributed by atoms with E-state index in [9.17, 15) is 9.00 Å². The number of rotatable bonds is 5. The lowest BCUT2D eigenvalue weighted by atomic mass is 10.2. The molecule has 0 aromatic rings. The average Bonchev–Trinajstić information content (AvgIpc) is 2.54. The quantitative estimate of drug-likeness (QED) is 0.768. The van der Waals surface area contributed by atoms with E-state index in [1.54, 1.807) is 0 Å². The molecule has 16 heavy (non-hydrogen) atoms. The summed E-state index contributed by atoms with van der Waals surface area (Å²) in [6.45, 7) is 2.23. The molecule has 1 atom stereocenters. The highest BCUT2D eigenvalue weighted by Gasteiger charge is 2.17. The topological polar surface area (TPSA) is 63.4 Å². The summed E-state index contributed by atoms with van der Waals surface area (Å²) >= 11 is 0. The summed E-state index contributed by atoms with van der Waals surface area (Å²) in [5.41, 5.74) is 5.34. The van der Waals surface area contributed by atoms with Gasteiger partial charge in [0.25, 0.3) is 0 Å². The molecule has 1 heterocycles. The third kappa shape index (κ3) is 5.07.